The number of benzene rings is 2. The van der Waals surface area contributed by atoms with E-state index in [1.54, 1.807) is 12.1 Å². The van der Waals surface area contributed by atoms with Gasteiger partial charge >= 0.3 is 5.97 Å². The van der Waals surface area contributed by atoms with Crippen molar-refractivity contribution in [1.82, 2.24) is 4.72 Å². The number of para-hydroxylation sites is 1. The quantitative estimate of drug-likeness (QED) is 0.607. The standard InChI is InChI=1S/C20H23NO5S/c1-13(2)9-14(10-20(22)23)12-21-27(24,25)15-7-8-19-17(11-15)16-5-3-4-6-18(16)26-19/h3-8,11,13-14,21H,9-10,12H2,1-2H3,(H,22,23)/t14-/m0/s1. The molecule has 0 aliphatic heterocycles. The molecule has 2 N–H and O–H groups in total. The Labute approximate surface area is 158 Å². The number of sulfonamides is 1. The molecule has 0 fully saturated rings. The van der Waals surface area contributed by atoms with Crippen LogP contribution in [0.3, 0.4) is 0 Å². The first-order valence-electron chi connectivity index (χ1n) is 8.89. The van der Waals surface area contributed by atoms with E-state index in [0.717, 1.165) is 10.8 Å². The highest BCUT2D eigenvalue weighted by Gasteiger charge is 2.21. The third-order valence-electron chi connectivity index (χ3n) is 4.49. The van der Waals surface area contributed by atoms with Crippen molar-refractivity contribution in [2.75, 3.05) is 6.54 Å². The van der Waals surface area contributed by atoms with E-state index in [-0.39, 0.29) is 29.7 Å². The molecule has 0 saturated heterocycles. The molecule has 0 bridgehead atoms. The van der Waals surface area contributed by atoms with Gasteiger partial charge in [-0.2, -0.15) is 0 Å². The van der Waals surface area contributed by atoms with E-state index in [0.29, 0.717) is 17.6 Å². The minimum atomic E-state index is -3.75. The summed E-state index contributed by atoms with van der Waals surface area (Å²) in [4.78, 5) is 11.2. The fourth-order valence-electron chi connectivity index (χ4n) is 3.34. The highest BCUT2D eigenvalue weighted by Crippen LogP contribution is 2.30. The predicted molar refractivity (Wildman–Crippen MR) is 104 cm³/mol. The number of rotatable bonds is 8. The fraction of sp³-hybridized carbons (Fsp3) is 0.350. The average Bonchev–Trinajstić information content (AvgIpc) is 2.96. The van der Waals surface area contributed by atoms with Crippen LogP contribution in [0.5, 0.6) is 0 Å². The molecule has 0 radical (unpaired) electrons. The average molecular weight is 389 g/mol. The Morgan fingerprint density at radius 1 is 1.11 bits per heavy atom. The van der Waals surface area contributed by atoms with Crippen LogP contribution in [0.15, 0.2) is 51.8 Å². The van der Waals surface area contributed by atoms with Gasteiger partial charge in [-0.25, -0.2) is 13.1 Å². The molecule has 6 nitrogen and oxygen atoms in total. The predicted octanol–water partition coefficient (Wildman–Crippen LogP) is 4.00. The Balaban J connectivity index is 1.85. The van der Waals surface area contributed by atoms with Gasteiger partial charge in [-0.3, -0.25) is 4.79 Å². The molecule has 2 aromatic carbocycles. The lowest BCUT2D eigenvalue weighted by molar-refractivity contribution is -0.138. The first-order valence-corrected chi connectivity index (χ1v) is 10.4. The molecule has 0 aliphatic carbocycles. The van der Waals surface area contributed by atoms with Crippen LogP contribution in [0.4, 0.5) is 0 Å². The number of nitrogens with one attached hydrogen (secondary N) is 1. The van der Waals surface area contributed by atoms with Crippen molar-refractivity contribution in [3.8, 4) is 0 Å². The number of carboxylic acids is 1. The Morgan fingerprint density at radius 2 is 1.81 bits per heavy atom. The van der Waals surface area contributed by atoms with E-state index >= 15 is 0 Å². The van der Waals surface area contributed by atoms with Crippen LogP contribution < -0.4 is 4.72 Å². The van der Waals surface area contributed by atoms with Crippen molar-refractivity contribution in [3.05, 3.63) is 42.5 Å². The Kier molecular flexibility index (Phi) is 5.53. The lowest BCUT2D eigenvalue weighted by Crippen LogP contribution is -2.31. The normalized spacial score (nSPS) is 13.4. The van der Waals surface area contributed by atoms with Crippen LogP contribution in [0.25, 0.3) is 21.9 Å². The van der Waals surface area contributed by atoms with Gasteiger partial charge in [0, 0.05) is 23.7 Å². The molecule has 0 saturated carbocycles. The summed E-state index contributed by atoms with van der Waals surface area (Å²) in [6.45, 7) is 4.07. The number of hydrogen-bond acceptors (Lipinski definition) is 4. The van der Waals surface area contributed by atoms with Gasteiger partial charge in [0.15, 0.2) is 0 Å². The zero-order chi connectivity index (χ0) is 19.6. The van der Waals surface area contributed by atoms with Crippen LogP contribution in [0.2, 0.25) is 0 Å². The maximum Gasteiger partial charge on any atom is 0.303 e. The monoisotopic (exact) mass is 389 g/mol. The van der Waals surface area contributed by atoms with Crippen molar-refractivity contribution in [2.24, 2.45) is 11.8 Å². The van der Waals surface area contributed by atoms with Gasteiger partial charge in [0.25, 0.3) is 0 Å². The van der Waals surface area contributed by atoms with E-state index in [1.165, 1.54) is 6.07 Å². The second-order valence-electron chi connectivity index (χ2n) is 7.20. The van der Waals surface area contributed by atoms with Crippen LogP contribution in [-0.4, -0.2) is 26.0 Å². The fourth-order valence-corrected chi connectivity index (χ4v) is 4.48. The second kappa shape index (κ2) is 7.70. The van der Waals surface area contributed by atoms with Gasteiger partial charge in [0.05, 0.1) is 4.90 Å². The van der Waals surface area contributed by atoms with Gasteiger partial charge in [-0.15, -0.1) is 0 Å². The highest BCUT2D eigenvalue weighted by atomic mass is 32.2. The SMILES string of the molecule is CC(C)C[C@H](CNS(=O)(=O)c1ccc2oc3ccccc3c2c1)CC(=O)O. The molecule has 7 heteroatoms. The third kappa shape index (κ3) is 4.48. The summed E-state index contributed by atoms with van der Waals surface area (Å²) >= 11 is 0. The van der Waals surface area contributed by atoms with Crippen molar-refractivity contribution in [1.29, 1.82) is 0 Å². The molecule has 0 spiro atoms. The van der Waals surface area contributed by atoms with Gasteiger partial charge < -0.3 is 9.52 Å². The summed E-state index contributed by atoms with van der Waals surface area (Å²) in [5, 5.41) is 10.6. The summed E-state index contributed by atoms with van der Waals surface area (Å²) in [5.74, 6) is -0.894. The molecule has 1 atom stereocenters. The molecule has 144 valence electrons. The van der Waals surface area contributed by atoms with Crippen molar-refractivity contribution in [2.45, 2.75) is 31.6 Å². The molecule has 3 rings (SSSR count). The van der Waals surface area contributed by atoms with E-state index in [1.807, 2.05) is 38.1 Å². The molecule has 0 aliphatic rings. The molecule has 0 unspecified atom stereocenters. The van der Waals surface area contributed by atoms with Crippen molar-refractivity contribution in [3.63, 3.8) is 0 Å². The molecule has 3 aromatic rings. The van der Waals surface area contributed by atoms with Gasteiger partial charge in [0.2, 0.25) is 10.0 Å². The summed E-state index contributed by atoms with van der Waals surface area (Å²) < 4.78 is 33.7. The van der Waals surface area contributed by atoms with Crippen LogP contribution in [-0.2, 0) is 14.8 Å². The Hall–Kier alpha value is -2.38. The second-order valence-corrected chi connectivity index (χ2v) is 8.97. The molecule has 0 amide bonds. The minimum Gasteiger partial charge on any atom is -0.481 e. The van der Waals surface area contributed by atoms with Crippen molar-refractivity contribution >= 4 is 37.9 Å². The highest BCUT2D eigenvalue weighted by molar-refractivity contribution is 7.89. The lowest BCUT2D eigenvalue weighted by Gasteiger charge is -2.18. The van der Waals surface area contributed by atoms with Crippen LogP contribution in [0.1, 0.15) is 26.7 Å². The number of fused-ring (bicyclic) bond motifs is 3. The van der Waals surface area contributed by atoms with E-state index < -0.39 is 16.0 Å². The summed E-state index contributed by atoms with van der Waals surface area (Å²) in [6, 6.07) is 12.2. The number of carbonyl (C=O) groups is 1. The molecular weight excluding hydrogens is 366 g/mol. The van der Waals surface area contributed by atoms with E-state index in [2.05, 4.69) is 4.72 Å². The molecule has 27 heavy (non-hydrogen) atoms. The first kappa shape index (κ1) is 19.4. The molecule has 1 heterocycles. The van der Waals surface area contributed by atoms with E-state index in [9.17, 15) is 13.2 Å². The van der Waals surface area contributed by atoms with Gasteiger partial charge in [0.1, 0.15) is 11.2 Å². The molecule has 1 aromatic heterocycles. The van der Waals surface area contributed by atoms with Gasteiger partial charge in [-0.05, 0) is 42.5 Å². The summed E-state index contributed by atoms with van der Waals surface area (Å²) in [6.07, 6.45) is 0.576. The summed E-state index contributed by atoms with van der Waals surface area (Å²) in [5.41, 5.74) is 1.33. The van der Waals surface area contributed by atoms with E-state index in [4.69, 9.17) is 9.52 Å². The van der Waals surface area contributed by atoms with Crippen LogP contribution in [0, 0.1) is 11.8 Å². The Bertz CT molecular complexity index is 1070. The Morgan fingerprint density at radius 3 is 2.52 bits per heavy atom. The minimum absolute atomic E-state index is 0.0634. The van der Waals surface area contributed by atoms with Crippen molar-refractivity contribution < 1.29 is 22.7 Å². The van der Waals surface area contributed by atoms with Crippen LogP contribution >= 0.6 is 0 Å². The zero-order valence-electron chi connectivity index (χ0n) is 15.3. The third-order valence-corrected chi connectivity index (χ3v) is 5.91. The molecular formula is C20H23NO5S. The number of hydrogen-bond donors (Lipinski definition) is 2. The number of aliphatic carboxylic acids is 1. The number of furan rings is 1. The first-order chi connectivity index (χ1) is 12.8. The topological polar surface area (TPSA) is 96.6 Å². The lowest BCUT2D eigenvalue weighted by atomic mass is 9.94. The smallest absolute Gasteiger partial charge is 0.303 e. The number of carboxylic acid groups (broad SMARTS) is 1. The van der Waals surface area contributed by atoms with Gasteiger partial charge in [-0.1, -0.05) is 32.0 Å². The maximum atomic E-state index is 12.7. The maximum absolute atomic E-state index is 12.7. The zero-order valence-corrected chi connectivity index (χ0v) is 16.1. The largest absolute Gasteiger partial charge is 0.481 e. The summed E-state index contributed by atoms with van der Waals surface area (Å²) in [7, 11) is -3.75.